The Morgan fingerprint density at radius 2 is 2.04 bits per heavy atom. The van der Waals surface area contributed by atoms with E-state index >= 15 is 0 Å². The van der Waals surface area contributed by atoms with Gasteiger partial charge < -0.3 is 5.11 Å². The van der Waals surface area contributed by atoms with Crippen LogP contribution in [0.5, 0.6) is 5.75 Å². The largest absolute Gasteiger partial charge is 0.508 e. The first kappa shape index (κ1) is 16.2. The summed E-state index contributed by atoms with van der Waals surface area (Å²) in [7, 11) is 0. The summed E-state index contributed by atoms with van der Waals surface area (Å²) in [5.74, 6) is 0.343. The Bertz CT molecular complexity index is 714. The van der Waals surface area contributed by atoms with Crippen LogP contribution in [0.2, 0.25) is 0 Å². The maximum Gasteiger partial charge on any atom is 0.120 e. The van der Waals surface area contributed by atoms with Crippen molar-refractivity contribution in [2.75, 3.05) is 0 Å². The van der Waals surface area contributed by atoms with Gasteiger partial charge in [0.05, 0.1) is 0 Å². The molecule has 120 valence electrons. The van der Waals surface area contributed by atoms with Crippen molar-refractivity contribution in [3.63, 3.8) is 0 Å². The van der Waals surface area contributed by atoms with Crippen LogP contribution >= 0.6 is 15.9 Å². The Morgan fingerprint density at radius 3 is 2.78 bits per heavy atom. The van der Waals surface area contributed by atoms with Crippen molar-refractivity contribution in [2.45, 2.75) is 38.4 Å². The Morgan fingerprint density at radius 1 is 1.22 bits per heavy atom. The molecule has 2 N–H and O–H groups in total. The second kappa shape index (κ2) is 7.28. The van der Waals surface area contributed by atoms with Crippen molar-refractivity contribution in [3.05, 3.63) is 64.1 Å². The number of benzene rings is 2. The minimum atomic E-state index is 0.0826. The van der Waals surface area contributed by atoms with E-state index in [0.29, 0.717) is 5.75 Å². The molecular formula is C19H21BrN2O. The molecule has 0 aromatic heterocycles. The zero-order chi connectivity index (χ0) is 16.2. The number of halogens is 1. The van der Waals surface area contributed by atoms with Crippen LogP contribution in [0.15, 0.2) is 58.0 Å². The number of nitrogens with one attached hydrogen (secondary N) is 1. The topological polar surface area (TPSA) is 44.6 Å². The maximum absolute atomic E-state index is 10.2. The first-order valence-electron chi connectivity index (χ1n) is 8.04. The molecule has 0 unspecified atom stereocenters. The lowest BCUT2D eigenvalue weighted by Crippen LogP contribution is -2.38. The van der Waals surface area contributed by atoms with E-state index in [1.54, 1.807) is 6.07 Å². The van der Waals surface area contributed by atoms with Crippen LogP contribution in [-0.2, 0) is 0 Å². The van der Waals surface area contributed by atoms with Gasteiger partial charge in [-0.2, -0.15) is 0 Å². The predicted molar refractivity (Wildman–Crippen MR) is 98.0 cm³/mol. The molecule has 1 aliphatic heterocycles. The van der Waals surface area contributed by atoms with E-state index in [4.69, 9.17) is 4.99 Å². The second-order valence-electron chi connectivity index (χ2n) is 5.87. The van der Waals surface area contributed by atoms with E-state index in [9.17, 15) is 5.11 Å². The Kier molecular flexibility index (Phi) is 5.13. The smallest absolute Gasteiger partial charge is 0.120 e. The number of para-hydroxylation sites is 1. The number of rotatable bonds is 4. The fraction of sp³-hybridized carbons (Fsp3) is 0.316. The zero-order valence-corrected chi connectivity index (χ0v) is 14.8. The van der Waals surface area contributed by atoms with Crippen LogP contribution in [0.4, 0.5) is 0 Å². The molecule has 2 aromatic rings. The van der Waals surface area contributed by atoms with Crippen molar-refractivity contribution in [1.82, 2.24) is 5.32 Å². The molecule has 1 heterocycles. The number of hydrogen-bond donors (Lipinski definition) is 2. The van der Waals surface area contributed by atoms with Crippen molar-refractivity contribution >= 4 is 21.6 Å². The number of phenols is 1. The maximum atomic E-state index is 10.2. The summed E-state index contributed by atoms with van der Waals surface area (Å²) in [6.45, 7) is 2.17. The monoisotopic (exact) mass is 372 g/mol. The van der Waals surface area contributed by atoms with E-state index in [0.717, 1.165) is 40.6 Å². The van der Waals surface area contributed by atoms with Crippen molar-refractivity contribution in [2.24, 2.45) is 4.99 Å². The van der Waals surface area contributed by atoms with Gasteiger partial charge in [0, 0.05) is 28.2 Å². The molecule has 3 rings (SSSR count). The van der Waals surface area contributed by atoms with Gasteiger partial charge in [-0.05, 0) is 30.2 Å². The van der Waals surface area contributed by atoms with Gasteiger partial charge in [-0.15, -0.1) is 0 Å². The Hall–Kier alpha value is -1.65. The molecule has 1 aliphatic rings. The summed E-state index contributed by atoms with van der Waals surface area (Å²) in [4.78, 5) is 4.89. The van der Waals surface area contributed by atoms with Crippen molar-refractivity contribution < 1.29 is 5.11 Å². The third-order valence-corrected chi connectivity index (χ3v) is 4.63. The zero-order valence-electron chi connectivity index (χ0n) is 13.2. The number of aliphatic imine (C=N–C) groups is 1. The molecule has 0 spiro atoms. The molecule has 0 bridgehead atoms. The molecule has 2 aromatic carbocycles. The normalized spacial score (nSPS) is 21.0. The minimum Gasteiger partial charge on any atom is -0.508 e. The molecule has 0 saturated heterocycles. The first-order chi connectivity index (χ1) is 11.2. The highest BCUT2D eigenvalue weighted by Crippen LogP contribution is 2.31. The summed E-state index contributed by atoms with van der Waals surface area (Å²) in [6, 6.07) is 15.9. The van der Waals surface area contributed by atoms with Crippen LogP contribution in [0.1, 0.15) is 43.4 Å². The van der Waals surface area contributed by atoms with Crippen molar-refractivity contribution in [1.29, 1.82) is 0 Å². The predicted octanol–water partition coefficient (Wildman–Crippen LogP) is 4.80. The standard InChI is InChI=1S/C19H21BrN2O/c1-2-6-19-21-16(13-7-5-8-14(20)11-13)12-17(22-19)15-9-3-4-10-18(15)23/h3-5,7-11,17,19,22-23H,2,6,12H2,1H3/t17-,19+/m1/s1. The van der Waals surface area contributed by atoms with Gasteiger partial charge in [-0.25, -0.2) is 0 Å². The van der Waals surface area contributed by atoms with Crippen LogP contribution in [-0.4, -0.2) is 17.0 Å². The van der Waals surface area contributed by atoms with Gasteiger partial charge in [-0.1, -0.05) is 59.6 Å². The molecule has 2 atom stereocenters. The molecule has 0 saturated carbocycles. The highest BCUT2D eigenvalue weighted by molar-refractivity contribution is 9.10. The average Bonchev–Trinajstić information content (AvgIpc) is 2.55. The molecule has 0 amide bonds. The Balaban J connectivity index is 1.94. The van der Waals surface area contributed by atoms with Crippen LogP contribution in [0.25, 0.3) is 0 Å². The SMILES string of the molecule is CCC[C@H]1N=C(c2cccc(Br)c2)C[C@H](c2ccccc2O)N1. The van der Waals surface area contributed by atoms with Gasteiger partial charge >= 0.3 is 0 Å². The van der Waals surface area contributed by atoms with Gasteiger partial charge in [0.2, 0.25) is 0 Å². The average molecular weight is 373 g/mol. The lowest BCUT2D eigenvalue weighted by molar-refractivity contribution is 0.391. The molecule has 0 aliphatic carbocycles. The summed E-state index contributed by atoms with van der Waals surface area (Å²) in [5.41, 5.74) is 3.18. The quantitative estimate of drug-likeness (QED) is 0.808. The fourth-order valence-corrected chi connectivity index (χ4v) is 3.43. The Labute approximate surface area is 145 Å². The van der Waals surface area contributed by atoms with E-state index < -0.39 is 0 Å². The summed E-state index contributed by atoms with van der Waals surface area (Å²) >= 11 is 3.54. The number of aromatic hydroxyl groups is 1. The van der Waals surface area contributed by atoms with Crippen LogP contribution in [0, 0.1) is 0 Å². The molecule has 23 heavy (non-hydrogen) atoms. The lowest BCUT2D eigenvalue weighted by Gasteiger charge is -2.30. The summed E-state index contributed by atoms with van der Waals surface area (Å²) < 4.78 is 1.06. The number of hydrogen-bond acceptors (Lipinski definition) is 3. The highest BCUT2D eigenvalue weighted by Gasteiger charge is 2.26. The van der Waals surface area contributed by atoms with Crippen LogP contribution in [0.3, 0.4) is 0 Å². The van der Waals surface area contributed by atoms with Gasteiger partial charge in [-0.3, -0.25) is 10.3 Å². The molecule has 3 nitrogen and oxygen atoms in total. The van der Waals surface area contributed by atoms with Crippen molar-refractivity contribution in [3.8, 4) is 5.75 Å². The second-order valence-corrected chi connectivity index (χ2v) is 6.79. The molecule has 4 heteroatoms. The third-order valence-electron chi connectivity index (χ3n) is 4.13. The van der Waals surface area contributed by atoms with E-state index in [2.05, 4.69) is 40.3 Å². The third kappa shape index (κ3) is 3.82. The van der Waals surface area contributed by atoms with Crippen LogP contribution < -0.4 is 5.32 Å². The minimum absolute atomic E-state index is 0.0826. The van der Waals surface area contributed by atoms with E-state index in [1.807, 2.05) is 30.3 Å². The number of nitrogens with zero attached hydrogens (tertiary/aromatic N) is 1. The molecule has 0 radical (unpaired) electrons. The summed E-state index contributed by atoms with van der Waals surface area (Å²) in [5, 5.41) is 13.8. The molecular weight excluding hydrogens is 352 g/mol. The molecule has 0 fully saturated rings. The summed E-state index contributed by atoms with van der Waals surface area (Å²) in [6.07, 6.45) is 2.92. The first-order valence-corrected chi connectivity index (χ1v) is 8.83. The van der Waals surface area contributed by atoms with Gasteiger partial charge in [0.1, 0.15) is 11.9 Å². The fourth-order valence-electron chi connectivity index (χ4n) is 3.03. The van der Waals surface area contributed by atoms with E-state index in [1.165, 1.54) is 0 Å². The van der Waals surface area contributed by atoms with Gasteiger partial charge in [0.15, 0.2) is 0 Å². The van der Waals surface area contributed by atoms with E-state index in [-0.39, 0.29) is 12.2 Å². The van der Waals surface area contributed by atoms with Gasteiger partial charge in [0.25, 0.3) is 0 Å². The number of phenolic OH excluding ortho intramolecular Hbond substituents is 1. The lowest BCUT2D eigenvalue weighted by atomic mass is 9.94. The highest BCUT2D eigenvalue weighted by atomic mass is 79.9.